The summed E-state index contributed by atoms with van der Waals surface area (Å²) < 4.78 is 17.1. The van der Waals surface area contributed by atoms with Gasteiger partial charge in [0.1, 0.15) is 23.8 Å². The summed E-state index contributed by atoms with van der Waals surface area (Å²) in [6, 6.07) is 26.0. The van der Waals surface area contributed by atoms with E-state index in [1.54, 1.807) is 29.2 Å². The SMILES string of the molecule is CC(C)(C)OC(=O)N1CCCCC1CN=C(N)c1ccc(OCC(O)CC(=O)OC(c2ccccc2)c2ccccc2)cc1. The van der Waals surface area contributed by atoms with Crippen molar-refractivity contribution in [3.05, 3.63) is 102 Å². The first kappa shape index (κ1) is 32.5. The Morgan fingerprint density at radius 2 is 1.57 bits per heavy atom. The minimum Gasteiger partial charge on any atom is -0.491 e. The second-order valence-corrected chi connectivity index (χ2v) is 11.9. The summed E-state index contributed by atoms with van der Waals surface area (Å²) >= 11 is 0. The summed E-state index contributed by atoms with van der Waals surface area (Å²) in [6.07, 6.45) is 0.650. The predicted molar refractivity (Wildman–Crippen MR) is 170 cm³/mol. The van der Waals surface area contributed by atoms with Gasteiger partial charge in [0.25, 0.3) is 0 Å². The standard InChI is InChI=1S/C35H43N3O6/c1-35(2,3)44-34(41)38-21-11-10-16-28(38)23-37-33(36)27-17-19-30(20-18-27)42-24-29(39)22-31(40)43-32(25-12-6-4-7-13-25)26-14-8-5-9-15-26/h4-9,12-15,17-20,28-29,32,39H,10-11,16,21-24H2,1-3H3,(H2,36,37). The monoisotopic (exact) mass is 601 g/mol. The molecule has 3 aromatic carbocycles. The number of nitrogens with two attached hydrogens (primary N) is 1. The summed E-state index contributed by atoms with van der Waals surface area (Å²) in [5.41, 5.74) is 8.12. The van der Waals surface area contributed by atoms with Gasteiger partial charge in [0.2, 0.25) is 0 Å². The molecule has 0 aromatic heterocycles. The van der Waals surface area contributed by atoms with Crippen LogP contribution in [-0.4, -0.2) is 65.3 Å². The first-order chi connectivity index (χ1) is 21.1. The van der Waals surface area contributed by atoms with Crippen LogP contribution in [0, 0.1) is 0 Å². The van der Waals surface area contributed by atoms with Crippen LogP contribution in [-0.2, 0) is 14.3 Å². The maximum Gasteiger partial charge on any atom is 0.410 e. The third-order valence-electron chi connectivity index (χ3n) is 7.18. The highest BCUT2D eigenvalue weighted by atomic mass is 16.6. The number of nitrogens with zero attached hydrogens (tertiary/aromatic N) is 2. The van der Waals surface area contributed by atoms with Crippen molar-refractivity contribution < 1.29 is 28.9 Å². The molecule has 0 spiro atoms. The quantitative estimate of drug-likeness (QED) is 0.166. The molecule has 44 heavy (non-hydrogen) atoms. The van der Waals surface area contributed by atoms with Gasteiger partial charge >= 0.3 is 12.1 Å². The van der Waals surface area contributed by atoms with Crippen LogP contribution in [0.4, 0.5) is 4.79 Å². The van der Waals surface area contributed by atoms with Crippen LogP contribution in [0.1, 0.15) is 69.2 Å². The van der Waals surface area contributed by atoms with Crippen LogP contribution in [0.2, 0.25) is 0 Å². The smallest absolute Gasteiger partial charge is 0.410 e. The molecule has 1 saturated heterocycles. The Bertz CT molecular complexity index is 1330. The molecule has 9 heteroatoms. The van der Waals surface area contributed by atoms with E-state index in [0.717, 1.165) is 30.4 Å². The lowest BCUT2D eigenvalue weighted by Crippen LogP contribution is -2.47. The molecule has 1 heterocycles. The summed E-state index contributed by atoms with van der Waals surface area (Å²) in [6.45, 7) is 6.52. The highest BCUT2D eigenvalue weighted by Crippen LogP contribution is 2.27. The Morgan fingerprint density at radius 1 is 0.955 bits per heavy atom. The second kappa shape index (κ2) is 15.4. The summed E-state index contributed by atoms with van der Waals surface area (Å²) in [4.78, 5) is 31.7. The van der Waals surface area contributed by atoms with E-state index < -0.39 is 23.8 Å². The molecular weight excluding hydrogens is 558 g/mol. The predicted octanol–water partition coefficient (Wildman–Crippen LogP) is 5.64. The van der Waals surface area contributed by atoms with Crippen LogP contribution >= 0.6 is 0 Å². The lowest BCUT2D eigenvalue weighted by molar-refractivity contribution is -0.150. The second-order valence-electron chi connectivity index (χ2n) is 11.9. The van der Waals surface area contributed by atoms with E-state index in [9.17, 15) is 14.7 Å². The van der Waals surface area contributed by atoms with E-state index in [-0.39, 0.29) is 25.2 Å². The molecule has 2 atom stereocenters. The average molecular weight is 602 g/mol. The Kier molecular flexibility index (Phi) is 11.4. The first-order valence-electron chi connectivity index (χ1n) is 15.1. The van der Waals surface area contributed by atoms with Gasteiger partial charge in [-0.15, -0.1) is 0 Å². The van der Waals surface area contributed by atoms with Crippen LogP contribution in [0.3, 0.4) is 0 Å². The molecule has 1 fully saturated rings. The fourth-order valence-corrected chi connectivity index (χ4v) is 4.98. The third kappa shape index (κ3) is 9.84. The number of amides is 1. The summed E-state index contributed by atoms with van der Waals surface area (Å²) in [5.74, 6) is 0.352. The molecule has 0 saturated carbocycles. The lowest BCUT2D eigenvalue weighted by atomic mass is 10.0. The van der Waals surface area contributed by atoms with Crippen LogP contribution in [0.25, 0.3) is 0 Å². The normalized spacial score (nSPS) is 16.3. The number of amidine groups is 1. The number of carbonyl (C=O) groups excluding carboxylic acids is 2. The fraction of sp³-hybridized carbons (Fsp3) is 0.400. The van der Waals surface area contributed by atoms with Crippen molar-refractivity contribution in [3.63, 3.8) is 0 Å². The Morgan fingerprint density at radius 3 is 2.16 bits per heavy atom. The Balaban J connectivity index is 1.27. The lowest BCUT2D eigenvalue weighted by Gasteiger charge is -2.36. The summed E-state index contributed by atoms with van der Waals surface area (Å²) in [7, 11) is 0. The van der Waals surface area contributed by atoms with Crippen molar-refractivity contribution in [1.29, 1.82) is 0 Å². The van der Waals surface area contributed by atoms with E-state index in [1.165, 1.54) is 0 Å². The van der Waals surface area contributed by atoms with Gasteiger partial charge in [-0.25, -0.2) is 4.79 Å². The molecule has 234 valence electrons. The zero-order chi connectivity index (χ0) is 31.5. The number of aliphatic hydroxyl groups is 1. The van der Waals surface area contributed by atoms with Crippen molar-refractivity contribution in [2.75, 3.05) is 19.7 Å². The highest BCUT2D eigenvalue weighted by Gasteiger charge is 2.30. The van der Waals surface area contributed by atoms with Crippen molar-refractivity contribution in [2.45, 2.75) is 70.3 Å². The molecule has 3 aromatic rings. The van der Waals surface area contributed by atoms with Crippen LogP contribution < -0.4 is 10.5 Å². The van der Waals surface area contributed by atoms with E-state index >= 15 is 0 Å². The number of carbonyl (C=O) groups is 2. The number of aliphatic imine (C=N–C) groups is 1. The molecule has 9 nitrogen and oxygen atoms in total. The molecule has 0 aliphatic carbocycles. The number of esters is 1. The molecule has 1 aliphatic heterocycles. The molecular formula is C35H43N3O6. The summed E-state index contributed by atoms with van der Waals surface area (Å²) in [5, 5.41) is 10.5. The van der Waals surface area contributed by atoms with Crippen molar-refractivity contribution in [1.82, 2.24) is 4.90 Å². The van der Waals surface area contributed by atoms with E-state index in [4.69, 9.17) is 19.9 Å². The molecule has 3 N–H and O–H groups in total. The first-order valence-corrected chi connectivity index (χ1v) is 15.1. The number of hydrogen-bond donors (Lipinski definition) is 2. The van der Waals surface area contributed by atoms with E-state index in [0.29, 0.717) is 30.2 Å². The third-order valence-corrected chi connectivity index (χ3v) is 7.18. The number of aliphatic hydroxyl groups excluding tert-OH is 1. The Hall–Kier alpha value is -4.37. The van der Waals surface area contributed by atoms with Gasteiger partial charge < -0.3 is 30.0 Å². The molecule has 0 bridgehead atoms. The minimum absolute atomic E-state index is 0.0661. The van der Waals surface area contributed by atoms with Gasteiger partial charge in [0, 0.05) is 12.1 Å². The minimum atomic E-state index is -1.05. The van der Waals surface area contributed by atoms with Crippen LogP contribution in [0.15, 0.2) is 89.9 Å². The maximum atomic E-state index is 12.7. The maximum absolute atomic E-state index is 12.7. The molecule has 1 aliphatic rings. The van der Waals surface area contributed by atoms with Gasteiger partial charge in [-0.2, -0.15) is 0 Å². The number of rotatable bonds is 11. The van der Waals surface area contributed by atoms with E-state index in [1.807, 2.05) is 81.4 Å². The number of benzene rings is 3. The Labute approximate surface area is 259 Å². The average Bonchev–Trinajstić information content (AvgIpc) is 3.02. The molecule has 2 unspecified atom stereocenters. The van der Waals surface area contributed by atoms with Crippen molar-refractivity contribution in [2.24, 2.45) is 10.7 Å². The molecule has 0 radical (unpaired) electrons. The number of piperidine rings is 1. The molecule has 4 rings (SSSR count). The number of hydrogen-bond acceptors (Lipinski definition) is 7. The topological polar surface area (TPSA) is 124 Å². The fourth-order valence-electron chi connectivity index (χ4n) is 4.98. The number of ether oxygens (including phenoxy) is 3. The van der Waals surface area contributed by atoms with Gasteiger partial charge in [0.05, 0.1) is 25.1 Å². The number of likely N-dealkylation sites (tertiary alicyclic amines) is 1. The van der Waals surface area contributed by atoms with E-state index in [2.05, 4.69) is 4.99 Å². The van der Waals surface area contributed by atoms with Crippen molar-refractivity contribution >= 4 is 17.9 Å². The largest absolute Gasteiger partial charge is 0.491 e. The van der Waals surface area contributed by atoms with Crippen molar-refractivity contribution in [3.8, 4) is 5.75 Å². The highest BCUT2D eigenvalue weighted by molar-refractivity contribution is 5.97. The van der Waals surface area contributed by atoms with Gasteiger partial charge in [-0.3, -0.25) is 9.79 Å². The zero-order valence-corrected chi connectivity index (χ0v) is 25.7. The zero-order valence-electron chi connectivity index (χ0n) is 25.7. The van der Waals surface area contributed by atoms with Gasteiger partial charge in [0.15, 0.2) is 6.10 Å². The molecule has 1 amide bonds. The van der Waals surface area contributed by atoms with Gasteiger partial charge in [-0.05, 0) is 75.4 Å². The van der Waals surface area contributed by atoms with Gasteiger partial charge in [-0.1, -0.05) is 60.7 Å². The van der Waals surface area contributed by atoms with Crippen LogP contribution in [0.5, 0.6) is 5.75 Å².